The number of hydrogen-bond donors (Lipinski definition) is 0. The molecule has 1 aromatic heterocycles. The smallest absolute Gasteiger partial charge is 0.394 e. The summed E-state index contributed by atoms with van der Waals surface area (Å²) in [5.41, 5.74) is -2.13. The van der Waals surface area contributed by atoms with Crippen molar-refractivity contribution in [2.24, 2.45) is 10.8 Å². The standard InChI is InChI=1S/C18H18F4N2O2/c19-12-7-23-6-11-13-5-10(26-14(11)12)8-24(13)15(25)16-1-3-17(9-16,4-2-16)18(20,21)22/h6-7,10,13H,1-5,8-9H2/t10-,13-,16?,17?/m0/s1. The summed E-state index contributed by atoms with van der Waals surface area (Å²) >= 11 is 0. The van der Waals surface area contributed by atoms with Crippen LogP contribution in [0.15, 0.2) is 12.4 Å². The van der Waals surface area contributed by atoms with Crippen LogP contribution in [0.25, 0.3) is 0 Å². The normalized spacial score (nSPS) is 37.6. The molecular weight excluding hydrogens is 352 g/mol. The Labute approximate surface area is 147 Å². The van der Waals surface area contributed by atoms with Gasteiger partial charge in [0.2, 0.25) is 5.91 Å². The van der Waals surface area contributed by atoms with Crippen molar-refractivity contribution in [3.63, 3.8) is 0 Å². The number of amides is 1. The lowest BCUT2D eigenvalue weighted by atomic mass is 9.81. The first-order valence-corrected chi connectivity index (χ1v) is 8.93. The third-order valence-corrected chi connectivity index (χ3v) is 6.94. The molecule has 3 heterocycles. The number of aromatic nitrogens is 1. The minimum absolute atomic E-state index is 0.0213. The number of rotatable bonds is 1. The van der Waals surface area contributed by atoms with E-state index in [1.165, 1.54) is 6.20 Å². The average Bonchev–Trinajstić information content (AvgIpc) is 3.27. The van der Waals surface area contributed by atoms with Crippen LogP contribution in [0.4, 0.5) is 17.6 Å². The van der Waals surface area contributed by atoms with Crippen LogP contribution in [-0.2, 0) is 4.79 Å². The van der Waals surface area contributed by atoms with Crippen molar-refractivity contribution < 1.29 is 27.1 Å². The molecule has 5 rings (SSSR count). The molecule has 1 amide bonds. The number of carbonyl (C=O) groups excluding carboxylic acids is 1. The van der Waals surface area contributed by atoms with Crippen LogP contribution >= 0.6 is 0 Å². The Bertz CT molecular complexity index is 786. The largest absolute Gasteiger partial charge is 0.485 e. The van der Waals surface area contributed by atoms with E-state index in [0.717, 1.165) is 6.20 Å². The second-order valence-corrected chi connectivity index (χ2v) is 8.22. The highest BCUT2D eigenvalue weighted by Crippen LogP contribution is 2.68. The summed E-state index contributed by atoms with van der Waals surface area (Å²) in [6.45, 7) is 0.290. The predicted molar refractivity (Wildman–Crippen MR) is 81.7 cm³/mol. The molecule has 1 aromatic rings. The van der Waals surface area contributed by atoms with Crippen LogP contribution in [0.3, 0.4) is 0 Å². The summed E-state index contributed by atoms with van der Waals surface area (Å²) in [5, 5.41) is 0. The van der Waals surface area contributed by atoms with Crippen molar-refractivity contribution in [2.75, 3.05) is 6.54 Å². The maximum Gasteiger partial charge on any atom is 0.394 e. The van der Waals surface area contributed by atoms with E-state index in [1.54, 1.807) is 4.90 Å². The lowest BCUT2D eigenvalue weighted by Crippen LogP contribution is -2.41. The van der Waals surface area contributed by atoms with Gasteiger partial charge < -0.3 is 9.64 Å². The summed E-state index contributed by atoms with van der Waals surface area (Å²) in [5.74, 6) is -0.673. The molecule has 0 unspecified atom stereocenters. The molecule has 8 heteroatoms. The minimum atomic E-state index is -4.27. The molecule has 2 saturated carbocycles. The first kappa shape index (κ1) is 16.3. The van der Waals surface area contributed by atoms with E-state index in [9.17, 15) is 22.4 Å². The third-order valence-electron chi connectivity index (χ3n) is 6.94. The van der Waals surface area contributed by atoms with E-state index in [-0.39, 0.29) is 55.9 Å². The molecule has 4 bridgehead atoms. The number of hydrogen-bond acceptors (Lipinski definition) is 3. The molecule has 2 aliphatic carbocycles. The highest BCUT2D eigenvalue weighted by Gasteiger charge is 2.69. The Morgan fingerprint density at radius 1 is 1.23 bits per heavy atom. The van der Waals surface area contributed by atoms with Gasteiger partial charge in [-0.15, -0.1) is 0 Å². The molecule has 26 heavy (non-hydrogen) atoms. The van der Waals surface area contributed by atoms with Crippen LogP contribution in [0.1, 0.15) is 50.1 Å². The van der Waals surface area contributed by atoms with Crippen molar-refractivity contribution in [1.29, 1.82) is 0 Å². The topological polar surface area (TPSA) is 42.4 Å². The number of carbonyl (C=O) groups is 1. The van der Waals surface area contributed by atoms with Gasteiger partial charge >= 0.3 is 6.18 Å². The van der Waals surface area contributed by atoms with E-state index >= 15 is 0 Å². The fourth-order valence-corrected chi connectivity index (χ4v) is 5.55. The number of nitrogens with zero attached hydrogens (tertiary/aromatic N) is 2. The molecule has 1 saturated heterocycles. The van der Waals surface area contributed by atoms with Crippen LogP contribution in [0, 0.1) is 16.6 Å². The maximum atomic E-state index is 14.0. The molecule has 0 N–H and O–H groups in total. The second-order valence-electron chi connectivity index (χ2n) is 8.22. The van der Waals surface area contributed by atoms with Crippen molar-refractivity contribution in [2.45, 2.75) is 56.8 Å². The number of fused-ring (bicyclic) bond motifs is 6. The van der Waals surface area contributed by atoms with E-state index in [1.807, 2.05) is 0 Å². The Hall–Kier alpha value is -1.86. The molecule has 140 valence electrons. The quantitative estimate of drug-likeness (QED) is 0.707. The summed E-state index contributed by atoms with van der Waals surface area (Å²) in [6, 6.07) is -0.365. The number of alkyl halides is 3. The lowest BCUT2D eigenvalue weighted by Gasteiger charge is -2.34. The highest BCUT2D eigenvalue weighted by molar-refractivity contribution is 5.85. The van der Waals surface area contributed by atoms with Gasteiger partial charge in [-0.2, -0.15) is 13.2 Å². The van der Waals surface area contributed by atoms with Gasteiger partial charge in [-0.25, -0.2) is 4.39 Å². The van der Waals surface area contributed by atoms with Gasteiger partial charge in [0.15, 0.2) is 11.6 Å². The SMILES string of the molecule is O=C(N1C[C@@H]2C[C@H]1c1cncc(F)c1O2)C12CCC(C(F)(F)F)(CC1)C2. The van der Waals surface area contributed by atoms with E-state index in [0.29, 0.717) is 18.5 Å². The molecule has 0 radical (unpaired) electrons. The lowest BCUT2D eigenvalue weighted by molar-refractivity contribution is -0.220. The van der Waals surface area contributed by atoms with E-state index in [2.05, 4.69) is 4.98 Å². The third kappa shape index (κ3) is 1.96. The zero-order valence-corrected chi connectivity index (χ0v) is 14.0. The fraction of sp³-hybridized carbons (Fsp3) is 0.667. The molecule has 0 spiro atoms. The van der Waals surface area contributed by atoms with Crippen molar-refractivity contribution in [3.05, 3.63) is 23.8 Å². The summed E-state index contributed by atoms with van der Waals surface area (Å²) in [4.78, 5) is 18.8. The van der Waals surface area contributed by atoms with Gasteiger partial charge in [0.05, 0.1) is 29.6 Å². The molecule has 2 aliphatic heterocycles. The van der Waals surface area contributed by atoms with Crippen molar-refractivity contribution in [1.82, 2.24) is 9.88 Å². The molecule has 4 nitrogen and oxygen atoms in total. The summed E-state index contributed by atoms with van der Waals surface area (Å²) < 4.78 is 60.2. The van der Waals surface area contributed by atoms with Crippen molar-refractivity contribution in [3.8, 4) is 5.75 Å². The van der Waals surface area contributed by atoms with E-state index in [4.69, 9.17) is 4.74 Å². The first-order chi connectivity index (χ1) is 12.2. The average molecular weight is 370 g/mol. The number of pyridine rings is 1. The van der Waals surface area contributed by atoms with Crippen molar-refractivity contribution >= 4 is 5.91 Å². The monoisotopic (exact) mass is 370 g/mol. The highest BCUT2D eigenvalue weighted by atomic mass is 19.4. The van der Waals surface area contributed by atoms with Gasteiger partial charge in [0.1, 0.15) is 6.10 Å². The van der Waals surface area contributed by atoms with Crippen LogP contribution in [0.5, 0.6) is 5.75 Å². The van der Waals surface area contributed by atoms with Crippen LogP contribution in [0.2, 0.25) is 0 Å². The fourth-order valence-electron chi connectivity index (χ4n) is 5.55. The Balaban J connectivity index is 1.46. The first-order valence-electron chi connectivity index (χ1n) is 8.93. The molecule has 4 aliphatic rings. The number of likely N-dealkylation sites (tertiary alicyclic amines) is 1. The molecule has 0 aromatic carbocycles. The number of ether oxygens (including phenoxy) is 1. The van der Waals surface area contributed by atoms with Gasteiger partial charge in [-0.1, -0.05) is 0 Å². The van der Waals surface area contributed by atoms with Crippen LogP contribution in [-0.4, -0.2) is 34.6 Å². The zero-order valence-electron chi connectivity index (χ0n) is 14.0. The zero-order chi connectivity index (χ0) is 18.3. The molecule has 3 fully saturated rings. The van der Waals surface area contributed by atoms with E-state index < -0.39 is 22.8 Å². The van der Waals surface area contributed by atoms with Gasteiger partial charge in [-0.05, 0) is 32.1 Å². The van der Waals surface area contributed by atoms with Gasteiger partial charge in [-0.3, -0.25) is 9.78 Å². The maximum absolute atomic E-state index is 14.0. The predicted octanol–water partition coefficient (Wildman–Crippen LogP) is 3.77. The minimum Gasteiger partial charge on any atom is -0.485 e. The van der Waals surface area contributed by atoms with Crippen LogP contribution < -0.4 is 4.74 Å². The second kappa shape index (κ2) is 4.89. The molecular formula is C18H18F4N2O2. The van der Waals surface area contributed by atoms with Gasteiger partial charge in [0.25, 0.3) is 0 Å². The Morgan fingerprint density at radius 3 is 2.62 bits per heavy atom. The Kier molecular flexibility index (Phi) is 3.07. The molecule has 2 atom stereocenters. The van der Waals surface area contributed by atoms with Gasteiger partial charge in [0, 0.05) is 18.2 Å². The Morgan fingerprint density at radius 2 is 1.96 bits per heavy atom. The summed E-state index contributed by atoms with van der Waals surface area (Å²) in [7, 11) is 0. The summed E-state index contributed by atoms with van der Waals surface area (Å²) in [6.07, 6.45) is -1.03. The number of halogens is 4.